The molecular formula is C13H15NO6. The molecule has 2 rings (SSSR count). The molecular weight excluding hydrogens is 266 g/mol. The number of carbonyl (C=O) groups is 2. The van der Waals surface area contributed by atoms with Crippen molar-refractivity contribution in [2.24, 2.45) is 0 Å². The van der Waals surface area contributed by atoms with Gasteiger partial charge >= 0.3 is 5.97 Å². The highest BCUT2D eigenvalue weighted by molar-refractivity contribution is 5.97. The minimum absolute atomic E-state index is 0.0683. The summed E-state index contributed by atoms with van der Waals surface area (Å²) in [4.78, 5) is 24.3. The van der Waals surface area contributed by atoms with E-state index in [1.165, 1.54) is 17.0 Å². The van der Waals surface area contributed by atoms with Crippen LogP contribution in [-0.4, -0.2) is 57.9 Å². The smallest absolute Gasteiger partial charge is 0.306 e. The summed E-state index contributed by atoms with van der Waals surface area (Å²) in [6.07, 6.45) is -0.727. The number of nitrogens with zero attached hydrogens (tertiary/aromatic N) is 1. The zero-order valence-electron chi connectivity index (χ0n) is 10.7. The van der Waals surface area contributed by atoms with Crippen molar-refractivity contribution in [2.45, 2.75) is 12.5 Å². The van der Waals surface area contributed by atoms with Crippen molar-refractivity contribution in [3.05, 3.63) is 23.8 Å². The highest BCUT2D eigenvalue weighted by Gasteiger charge is 2.27. The second-order valence-electron chi connectivity index (χ2n) is 4.54. The van der Waals surface area contributed by atoms with Gasteiger partial charge in [-0.05, 0) is 12.1 Å². The minimum atomic E-state index is -0.989. The molecule has 1 unspecified atom stereocenters. The summed E-state index contributed by atoms with van der Waals surface area (Å²) >= 11 is 0. The summed E-state index contributed by atoms with van der Waals surface area (Å²) in [7, 11) is 0. The van der Waals surface area contributed by atoms with E-state index in [4.69, 9.17) is 9.84 Å². The van der Waals surface area contributed by atoms with Crippen molar-refractivity contribution in [2.75, 3.05) is 19.7 Å². The van der Waals surface area contributed by atoms with Crippen molar-refractivity contribution in [3.8, 4) is 11.5 Å². The van der Waals surface area contributed by atoms with Crippen LogP contribution in [0.4, 0.5) is 0 Å². The molecule has 0 radical (unpaired) electrons. The molecule has 3 N–H and O–H groups in total. The van der Waals surface area contributed by atoms with Crippen LogP contribution in [0.25, 0.3) is 0 Å². The Kier molecular flexibility index (Phi) is 4.09. The van der Waals surface area contributed by atoms with E-state index in [1.807, 2.05) is 0 Å². The van der Waals surface area contributed by atoms with E-state index < -0.39 is 18.0 Å². The monoisotopic (exact) mass is 281 g/mol. The Morgan fingerprint density at radius 2 is 2.10 bits per heavy atom. The fourth-order valence-electron chi connectivity index (χ4n) is 2.09. The lowest BCUT2D eigenvalue weighted by Gasteiger charge is -2.32. The number of ether oxygens (including phenoxy) is 1. The van der Waals surface area contributed by atoms with Crippen molar-refractivity contribution < 1.29 is 29.6 Å². The van der Waals surface area contributed by atoms with Gasteiger partial charge in [0.25, 0.3) is 5.91 Å². The zero-order valence-corrected chi connectivity index (χ0v) is 10.7. The first-order valence-electron chi connectivity index (χ1n) is 6.12. The highest BCUT2D eigenvalue weighted by Crippen LogP contribution is 2.24. The van der Waals surface area contributed by atoms with E-state index in [-0.39, 0.29) is 36.6 Å². The van der Waals surface area contributed by atoms with Gasteiger partial charge in [-0.25, -0.2) is 0 Å². The SMILES string of the molecule is O=C(O)CC1CN(C(=O)c2ccc(O)cc2O)CCO1. The third kappa shape index (κ3) is 3.18. The van der Waals surface area contributed by atoms with Crippen LogP contribution < -0.4 is 0 Å². The second kappa shape index (κ2) is 5.79. The summed E-state index contributed by atoms with van der Waals surface area (Å²) in [5.41, 5.74) is 0.0683. The van der Waals surface area contributed by atoms with Gasteiger partial charge in [0, 0.05) is 19.2 Å². The van der Waals surface area contributed by atoms with E-state index in [0.29, 0.717) is 6.54 Å². The maximum absolute atomic E-state index is 12.2. The van der Waals surface area contributed by atoms with Gasteiger partial charge in [-0.3, -0.25) is 9.59 Å². The third-order valence-corrected chi connectivity index (χ3v) is 3.04. The molecule has 0 aliphatic carbocycles. The van der Waals surface area contributed by atoms with Crippen LogP contribution >= 0.6 is 0 Å². The van der Waals surface area contributed by atoms with Crippen molar-refractivity contribution in [3.63, 3.8) is 0 Å². The third-order valence-electron chi connectivity index (χ3n) is 3.04. The topological polar surface area (TPSA) is 107 Å². The highest BCUT2D eigenvalue weighted by atomic mass is 16.5. The fourth-order valence-corrected chi connectivity index (χ4v) is 2.09. The Labute approximate surface area is 115 Å². The number of rotatable bonds is 3. The van der Waals surface area contributed by atoms with Crippen LogP contribution in [-0.2, 0) is 9.53 Å². The minimum Gasteiger partial charge on any atom is -0.508 e. The van der Waals surface area contributed by atoms with E-state index in [0.717, 1.165) is 6.07 Å². The number of carboxylic acid groups (broad SMARTS) is 1. The first kappa shape index (κ1) is 14.1. The van der Waals surface area contributed by atoms with Gasteiger partial charge in [-0.1, -0.05) is 0 Å². The molecule has 1 fully saturated rings. The lowest BCUT2D eigenvalue weighted by molar-refractivity contribution is -0.141. The Balaban J connectivity index is 2.10. The summed E-state index contributed by atoms with van der Waals surface area (Å²) in [6, 6.07) is 3.72. The molecule has 1 amide bonds. The quantitative estimate of drug-likeness (QED) is 0.741. The number of amides is 1. The van der Waals surface area contributed by atoms with Gasteiger partial charge in [0.15, 0.2) is 0 Å². The molecule has 0 bridgehead atoms. The molecule has 7 nitrogen and oxygen atoms in total. The molecule has 1 aromatic carbocycles. The number of carbonyl (C=O) groups excluding carboxylic acids is 1. The Hall–Kier alpha value is -2.28. The lowest BCUT2D eigenvalue weighted by atomic mass is 10.1. The fraction of sp³-hybridized carbons (Fsp3) is 0.385. The number of hydrogen-bond acceptors (Lipinski definition) is 5. The number of benzene rings is 1. The van der Waals surface area contributed by atoms with Gasteiger partial charge < -0.3 is 25.0 Å². The number of phenolic OH excluding ortho intramolecular Hbond substituents is 2. The average Bonchev–Trinajstić information content (AvgIpc) is 2.37. The number of phenols is 2. The number of aromatic hydroxyl groups is 2. The summed E-state index contributed by atoms with van der Waals surface area (Å²) in [5, 5.41) is 27.6. The molecule has 20 heavy (non-hydrogen) atoms. The van der Waals surface area contributed by atoms with Crippen LogP contribution in [0.3, 0.4) is 0 Å². The standard InChI is InChI=1S/C13H15NO6/c15-8-1-2-10(11(16)5-8)13(19)14-3-4-20-9(7-14)6-12(17)18/h1-2,5,9,15-16H,3-4,6-7H2,(H,17,18). The summed E-state index contributed by atoms with van der Waals surface area (Å²) in [6.45, 7) is 0.739. The van der Waals surface area contributed by atoms with E-state index in [1.54, 1.807) is 0 Å². The molecule has 108 valence electrons. The van der Waals surface area contributed by atoms with Crippen LogP contribution in [0.15, 0.2) is 18.2 Å². The van der Waals surface area contributed by atoms with Crippen LogP contribution in [0.2, 0.25) is 0 Å². The van der Waals surface area contributed by atoms with E-state index in [9.17, 15) is 19.8 Å². The maximum atomic E-state index is 12.2. The molecule has 7 heteroatoms. The number of morpholine rings is 1. The van der Waals surface area contributed by atoms with E-state index >= 15 is 0 Å². The molecule has 1 aliphatic rings. The number of carboxylic acids is 1. The Morgan fingerprint density at radius 3 is 2.75 bits per heavy atom. The summed E-state index contributed by atoms with van der Waals surface area (Å²) < 4.78 is 5.28. The molecule has 1 heterocycles. The predicted octanol–water partition coefficient (Wildman–Crippen LogP) is 0.413. The molecule has 1 saturated heterocycles. The average molecular weight is 281 g/mol. The molecule has 1 atom stereocenters. The molecule has 0 aromatic heterocycles. The van der Waals surface area contributed by atoms with Crippen molar-refractivity contribution in [1.82, 2.24) is 4.90 Å². The Morgan fingerprint density at radius 1 is 1.35 bits per heavy atom. The zero-order chi connectivity index (χ0) is 14.7. The molecule has 0 spiro atoms. The largest absolute Gasteiger partial charge is 0.508 e. The first-order chi connectivity index (χ1) is 9.47. The summed E-state index contributed by atoms with van der Waals surface area (Å²) in [5.74, 6) is -1.85. The van der Waals surface area contributed by atoms with Crippen LogP contribution in [0, 0.1) is 0 Å². The normalized spacial score (nSPS) is 18.8. The molecule has 1 aromatic rings. The van der Waals surface area contributed by atoms with Gasteiger partial charge in [-0.15, -0.1) is 0 Å². The number of aliphatic carboxylic acids is 1. The van der Waals surface area contributed by atoms with Crippen LogP contribution in [0.5, 0.6) is 11.5 Å². The van der Waals surface area contributed by atoms with Gasteiger partial charge in [0.05, 0.1) is 24.7 Å². The second-order valence-corrected chi connectivity index (χ2v) is 4.54. The molecule has 1 aliphatic heterocycles. The lowest BCUT2D eigenvalue weighted by Crippen LogP contribution is -2.46. The van der Waals surface area contributed by atoms with Crippen molar-refractivity contribution in [1.29, 1.82) is 0 Å². The first-order valence-corrected chi connectivity index (χ1v) is 6.12. The van der Waals surface area contributed by atoms with Gasteiger partial charge in [0.1, 0.15) is 11.5 Å². The molecule has 0 saturated carbocycles. The number of hydrogen-bond donors (Lipinski definition) is 3. The van der Waals surface area contributed by atoms with Gasteiger partial charge in [0.2, 0.25) is 0 Å². The Bertz CT molecular complexity index is 530. The maximum Gasteiger partial charge on any atom is 0.306 e. The van der Waals surface area contributed by atoms with Gasteiger partial charge in [-0.2, -0.15) is 0 Å². The van der Waals surface area contributed by atoms with Crippen LogP contribution in [0.1, 0.15) is 16.8 Å². The predicted molar refractivity (Wildman–Crippen MR) is 67.7 cm³/mol. The van der Waals surface area contributed by atoms with Crippen molar-refractivity contribution >= 4 is 11.9 Å². The van der Waals surface area contributed by atoms with E-state index in [2.05, 4.69) is 0 Å².